The van der Waals surface area contributed by atoms with Crippen LogP contribution in [-0.2, 0) is 9.53 Å². The summed E-state index contributed by atoms with van der Waals surface area (Å²) in [5.41, 5.74) is 0.0376. The summed E-state index contributed by atoms with van der Waals surface area (Å²) >= 11 is 0. The summed E-state index contributed by atoms with van der Waals surface area (Å²) in [4.78, 5) is 12.8. The van der Waals surface area contributed by atoms with Crippen LogP contribution in [-0.4, -0.2) is 19.0 Å². The quantitative estimate of drug-likeness (QED) is 0.615. The summed E-state index contributed by atoms with van der Waals surface area (Å²) in [6, 6.07) is 0. The molecule has 0 aromatic rings. The van der Waals surface area contributed by atoms with Crippen molar-refractivity contribution in [3.8, 4) is 0 Å². The fourth-order valence-electron chi connectivity index (χ4n) is 4.74. The van der Waals surface area contributed by atoms with Gasteiger partial charge in [0.25, 0.3) is 0 Å². The Hall–Kier alpha value is -0.630. The van der Waals surface area contributed by atoms with E-state index in [-0.39, 0.29) is 10.8 Å². The summed E-state index contributed by atoms with van der Waals surface area (Å²) in [5.74, 6) is 1.75. The Morgan fingerprint density at radius 2 is 2.17 bits per heavy atom. The van der Waals surface area contributed by atoms with E-state index in [0.29, 0.717) is 30.1 Å². The Bertz CT molecular complexity index is 400. The standard InChI is InChI=1S/C16H24O2/c1-11-5-4-6-13-15(3)7-8-18-10-16(11,13)14(17)9-12(15)2/h4-5,11-13H,6-10H2,1-3H3/t11-,12+,13-,15-,16-/m0/s1. The van der Waals surface area contributed by atoms with E-state index >= 15 is 0 Å². The molecule has 100 valence electrons. The van der Waals surface area contributed by atoms with Crippen LogP contribution in [0, 0.1) is 28.6 Å². The van der Waals surface area contributed by atoms with Gasteiger partial charge in [0.05, 0.1) is 12.0 Å². The average molecular weight is 248 g/mol. The number of allylic oxidation sites excluding steroid dienone is 2. The van der Waals surface area contributed by atoms with Crippen molar-refractivity contribution in [3.05, 3.63) is 12.2 Å². The Morgan fingerprint density at radius 1 is 1.39 bits per heavy atom. The largest absolute Gasteiger partial charge is 0.380 e. The zero-order chi connectivity index (χ0) is 13.0. The van der Waals surface area contributed by atoms with Crippen molar-refractivity contribution in [1.29, 1.82) is 0 Å². The lowest BCUT2D eigenvalue weighted by molar-refractivity contribution is -0.156. The summed E-state index contributed by atoms with van der Waals surface area (Å²) in [6.07, 6.45) is 7.44. The van der Waals surface area contributed by atoms with Crippen molar-refractivity contribution in [1.82, 2.24) is 0 Å². The molecular weight excluding hydrogens is 224 g/mol. The lowest BCUT2D eigenvalue weighted by Gasteiger charge is -2.56. The molecule has 0 amide bonds. The highest BCUT2D eigenvalue weighted by atomic mass is 16.5. The smallest absolute Gasteiger partial charge is 0.142 e. The lowest BCUT2D eigenvalue weighted by atomic mass is 9.46. The molecule has 0 spiro atoms. The summed E-state index contributed by atoms with van der Waals surface area (Å²) in [6.45, 7) is 8.31. The zero-order valence-electron chi connectivity index (χ0n) is 11.7. The molecule has 2 aliphatic carbocycles. The van der Waals surface area contributed by atoms with Crippen molar-refractivity contribution in [3.63, 3.8) is 0 Å². The molecule has 3 rings (SSSR count). The highest BCUT2D eigenvalue weighted by Gasteiger charge is 2.61. The molecule has 0 aromatic heterocycles. The highest BCUT2D eigenvalue weighted by Crippen LogP contribution is 2.61. The van der Waals surface area contributed by atoms with Crippen LogP contribution >= 0.6 is 0 Å². The van der Waals surface area contributed by atoms with Gasteiger partial charge in [-0.2, -0.15) is 0 Å². The monoisotopic (exact) mass is 248 g/mol. The van der Waals surface area contributed by atoms with E-state index in [4.69, 9.17) is 4.74 Å². The van der Waals surface area contributed by atoms with Gasteiger partial charge in [-0.3, -0.25) is 4.79 Å². The summed E-state index contributed by atoms with van der Waals surface area (Å²) in [7, 11) is 0. The van der Waals surface area contributed by atoms with Crippen LogP contribution in [0.15, 0.2) is 12.2 Å². The highest BCUT2D eigenvalue weighted by molar-refractivity contribution is 5.87. The molecule has 2 nitrogen and oxygen atoms in total. The normalized spacial score (nSPS) is 51.7. The van der Waals surface area contributed by atoms with E-state index in [0.717, 1.165) is 25.9 Å². The van der Waals surface area contributed by atoms with Gasteiger partial charge in [0.2, 0.25) is 0 Å². The number of ketones is 1. The second-order valence-electron chi connectivity index (χ2n) is 6.88. The minimum Gasteiger partial charge on any atom is -0.380 e. The molecule has 1 heterocycles. The first kappa shape index (κ1) is 12.4. The predicted molar refractivity (Wildman–Crippen MR) is 71.2 cm³/mol. The van der Waals surface area contributed by atoms with Crippen molar-refractivity contribution >= 4 is 5.78 Å². The Labute approximate surface area is 110 Å². The molecule has 0 N–H and O–H groups in total. The third-order valence-electron chi connectivity index (χ3n) is 6.29. The molecular formula is C16H24O2. The maximum atomic E-state index is 12.8. The van der Waals surface area contributed by atoms with E-state index in [2.05, 4.69) is 32.9 Å². The molecule has 2 fully saturated rings. The molecule has 0 aromatic carbocycles. The predicted octanol–water partition coefficient (Wildman–Crippen LogP) is 3.22. The SMILES string of the molecule is C[C@@H]1CC(=O)[C@]23COCC[C@]1(C)[C@@H]2CC=C[C@@H]3C. The summed E-state index contributed by atoms with van der Waals surface area (Å²) in [5, 5.41) is 0. The van der Waals surface area contributed by atoms with Crippen molar-refractivity contribution in [2.24, 2.45) is 28.6 Å². The lowest BCUT2D eigenvalue weighted by Crippen LogP contribution is -2.58. The molecule has 2 bridgehead atoms. The second-order valence-corrected chi connectivity index (χ2v) is 6.88. The van der Waals surface area contributed by atoms with E-state index in [9.17, 15) is 4.79 Å². The van der Waals surface area contributed by atoms with Gasteiger partial charge in [0.1, 0.15) is 5.78 Å². The van der Waals surface area contributed by atoms with Gasteiger partial charge in [0, 0.05) is 13.0 Å². The molecule has 1 aliphatic heterocycles. The number of carbonyl (C=O) groups excluding carboxylic acids is 1. The average Bonchev–Trinajstić information content (AvgIpc) is 2.46. The van der Waals surface area contributed by atoms with Gasteiger partial charge in [-0.25, -0.2) is 0 Å². The van der Waals surface area contributed by atoms with Crippen LogP contribution in [0.1, 0.15) is 40.0 Å². The summed E-state index contributed by atoms with van der Waals surface area (Å²) < 4.78 is 5.87. The van der Waals surface area contributed by atoms with Crippen molar-refractivity contribution < 1.29 is 9.53 Å². The van der Waals surface area contributed by atoms with Crippen LogP contribution in [0.5, 0.6) is 0 Å². The van der Waals surface area contributed by atoms with Gasteiger partial charge in [-0.1, -0.05) is 32.9 Å². The van der Waals surface area contributed by atoms with Gasteiger partial charge in [-0.15, -0.1) is 0 Å². The number of carbonyl (C=O) groups is 1. The first-order valence-electron chi connectivity index (χ1n) is 7.29. The third-order valence-corrected chi connectivity index (χ3v) is 6.29. The molecule has 0 radical (unpaired) electrons. The molecule has 1 saturated carbocycles. The maximum absolute atomic E-state index is 12.8. The van der Waals surface area contributed by atoms with Crippen molar-refractivity contribution in [2.75, 3.05) is 13.2 Å². The third kappa shape index (κ3) is 1.36. The van der Waals surface area contributed by atoms with Crippen LogP contribution in [0.25, 0.3) is 0 Å². The fourth-order valence-corrected chi connectivity index (χ4v) is 4.74. The molecule has 1 saturated heterocycles. The Balaban J connectivity index is 2.16. The van der Waals surface area contributed by atoms with Crippen molar-refractivity contribution in [2.45, 2.75) is 40.0 Å². The number of hydrogen-bond donors (Lipinski definition) is 0. The topological polar surface area (TPSA) is 26.3 Å². The molecule has 0 unspecified atom stereocenters. The van der Waals surface area contributed by atoms with E-state index in [1.807, 2.05) is 0 Å². The number of rotatable bonds is 0. The van der Waals surface area contributed by atoms with Crippen LogP contribution in [0.2, 0.25) is 0 Å². The molecule has 5 atom stereocenters. The van der Waals surface area contributed by atoms with E-state index < -0.39 is 0 Å². The number of ether oxygens (including phenoxy) is 1. The number of Topliss-reactive ketones (excluding diaryl/α,β-unsaturated/α-hetero) is 1. The van der Waals surface area contributed by atoms with Crippen LogP contribution in [0.4, 0.5) is 0 Å². The minimum atomic E-state index is -0.230. The van der Waals surface area contributed by atoms with E-state index in [1.54, 1.807) is 0 Å². The molecule has 3 aliphatic rings. The van der Waals surface area contributed by atoms with Crippen LogP contribution in [0.3, 0.4) is 0 Å². The van der Waals surface area contributed by atoms with E-state index in [1.165, 1.54) is 0 Å². The van der Waals surface area contributed by atoms with Crippen LogP contribution < -0.4 is 0 Å². The zero-order valence-corrected chi connectivity index (χ0v) is 11.7. The molecule has 18 heavy (non-hydrogen) atoms. The minimum absolute atomic E-state index is 0.230. The Morgan fingerprint density at radius 3 is 2.94 bits per heavy atom. The maximum Gasteiger partial charge on any atom is 0.142 e. The van der Waals surface area contributed by atoms with Gasteiger partial charge >= 0.3 is 0 Å². The first-order valence-corrected chi connectivity index (χ1v) is 7.29. The fraction of sp³-hybridized carbons (Fsp3) is 0.812. The number of hydrogen-bond acceptors (Lipinski definition) is 2. The Kier molecular flexibility index (Phi) is 2.71. The first-order chi connectivity index (χ1) is 8.52. The molecule has 2 heteroatoms. The van der Waals surface area contributed by atoms with Gasteiger partial charge < -0.3 is 4.74 Å². The van der Waals surface area contributed by atoms with Gasteiger partial charge in [-0.05, 0) is 36.0 Å². The second kappa shape index (κ2) is 3.93. The van der Waals surface area contributed by atoms with Gasteiger partial charge in [0.15, 0.2) is 0 Å².